The lowest BCUT2D eigenvalue weighted by atomic mass is 9.82. The summed E-state index contributed by atoms with van der Waals surface area (Å²) in [5.74, 6) is -1.66. The van der Waals surface area contributed by atoms with E-state index >= 15 is 0 Å². The maximum atomic E-state index is 13.7. The second-order valence-electron chi connectivity index (χ2n) is 9.66. The zero-order valence-electron chi connectivity index (χ0n) is 20.0. The topological polar surface area (TPSA) is 84.2 Å². The fourth-order valence-corrected chi connectivity index (χ4v) is 5.25. The van der Waals surface area contributed by atoms with Crippen LogP contribution in [0.2, 0.25) is 0 Å². The van der Waals surface area contributed by atoms with Gasteiger partial charge < -0.3 is 15.0 Å². The first-order valence-electron chi connectivity index (χ1n) is 12.2. The molecule has 4 aromatic rings. The van der Waals surface area contributed by atoms with Crippen LogP contribution in [-0.2, 0) is 17.5 Å². The number of alkyl halides is 3. The van der Waals surface area contributed by atoms with E-state index in [0.29, 0.717) is 49.7 Å². The Bertz CT molecular complexity index is 1460. The number of aliphatic carboxylic acids is 1. The van der Waals surface area contributed by atoms with Crippen molar-refractivity contribution >= 4 is 33.7 Å². The summed E-state index contributed by atoms with van der Waals surface area (Å²) in [4.78, 5) is 28.8. The van der Waals surface area contributed by atoms with Crippen molar-refractivity contribution in [1.29, 1.82) is 0 Å². The Balaban J connectivity index is 1.46. The van der Waals surface area contributed by atoms with Crippen molar-refractivity contribution in [3.8, 4) is 0 Å². The van der Waals surface area contributed by atoms with Gasteiger partial charge in [-0.2, -0.15) is 13.2 Å². The van der Waals surface area contributed by atoms with Gasteiger partial charge in [0.25, 0.3) is 5.91 Å². The molecule has 37 heavy (non-hydrogen) atoms. The Hall–Kier alpha value is -3.88. The number of halogens is 3. The molecule has 0 bridgehead atoms. The molecular formula is C28H26F3N3O3. The van der Waals surface area contributed by atoms with Gasteiger partial charge in [0.05, 0.1) is 28.1 Å². The van der Waals surface area contributed by atoms with Crippen LogP contribution in [0.3, 0.4) is 0 Å². The number of nitrogens with zero attached hydrogens (tertiary/aromatic N) is 2. The predicted octanol–water partition coefficient (Wildman–Crippen LogP) is 5.88. The fraction of sp³-hybridized carbons (Fsp3) is 0.321. The molecule has 0 atom stereocenters. The number of carbonyl (C=O) groups excluding carboxylic acids is 1. The molecule has 6 nitrogen and oxygen atoms in total. The van der Waals surface area contributed by atoms with E-state index in [1.54, 1.807) is 23.0 Å². The minimum atomic E-state index is -4.60. The summed E-state index contributed by atoms with van der Waals surface area (Å²) in [6.45, 7) is 0.649. The fourth-order valence-electron chi connectivity index (χ4n) is 5.25. The quantitative estimate of drug-likeness (QED) is 0.340. The molecule has 1 amide bonds. The van der Waals surface area contributed by atoms with Gasteiger partial charge in [-0.3, -0.25) is 14.6 Å². The third-order valence-corrected chi connectivity index (χ3v) is 7.26. The second-order valence-corrected chi connectivity index (χ2v) is 9.66. The molecular weight excluding hydrogens is 483 g/mol. The molecule has 0 radical (unpaired) electrons. The van der Waals surface area contributed by atoms with Crippen LogP contribution in [0.5, 0.6) is 0 Å². The number of hydrogen-bond acceptors (Lipinski definition) is 3. The molecule has 2 heterocycles. The summed E-state index contributed by atoms with van der Waals surface area (Å²) < 4.78 is 42.8. The molecule has 0 saturated heterocycles. The monoisotopic (exact) mass is 509 g/mol. The third-order valence-electron chi connectivity index (χ3n) is 7.26. The highest BCUT2D eigenvalue weighted by Crippen LogP contribution is 2.35. The minimum Gasteiger partial charge on any atom is -0.481 e. The smallest absolute Gasteiger partial charge is 0.416 e. The van der Waals surface area contributed by atoms with E-state index in [2.05, 4.69) is 10.3 Å². The molecule has 2 aromatic heterocycles. The van der Waals surface area contributed by atoms with Crippen molar-refractivity contribution in [2.75, 3.05) is 6.54 Å². The highest BCUT2D eigenvalue weighted by molar-refractivity contribution is 6.06. The number of aromatic nitrogens is 2. The molecule has 1 saturated carbocycles. The van der Waals surface area contributed by atoms with Crippen LogP contribution in [-0.4, -0.2) is 33.1 Å². The van der Waals surface area contributed by atoms with E-state index in [1.165, 1.54) is 0 Å². The van der Waals surface area contributed by atoms with Gasteiger partial charge in [-0.1, -0.05) is 18.2 Å². The van der Waals surface area contributed by atoms with E-state index in [0.717, 1.165) is 28.6 Å². The lowest BCUT2D eigenvalue weighted by Gasteiger charge is -2.26. The Morgan fingerprint density at radius 3 is 2.57 bits per heavy atom. The number of carbonyl (C=O) groups is 2. The molecule has 192 valence electrons. The van der Waals surface area contributed by atoms with Crippen molar-refractivity contribution in [3.63, 3.8) is 0 Å². The van der Waals surface area contributed by atoms with Gasteiger partial charge in [0.1, 0.15) is 0 Å². The number of hydrogen-bond donors (Lipinski definition) is 2. The molecule has 0 spiro atoms. The summed E-state index contributed by atoms with van der Waals surface area (Å²) in [5, 5.41) is 13.3. The third kappa shape index (κ3) is 5.16. The standard InChI is InChI=1S/C28H26F3N3O3/c29-28(30,31)21-13-19-10-12-34(16-20-3-1-5-24-22(20)4-2-11-32-24)25(19)23(14-21)26(35)33-15-17-6-8-18(9-7-17)27(36)37/h1-5,10-14,17-18H,6-9,15-16H2,(H,33,35)(H,36,37)/t17-,18-. The van der Waals surface area contributed by atoms with Gasteiger partial charge in [0.15, 0.2) is 0 Å². The Morgan fingerprint density at radius 2 is 1.84 bits per heavy atom. The highest BCUT2D eigenvalue weighted by atomic mass is 19.4. The largest absolute Gasteiger partial charge is 0.481 e. The highest BCUT2D eigenvalue weighted by Gasteiger charge is 2.33. The maximum absolute atomic E-state index is 13.7. The summed E-state index contributed by atoms with van der Waals surface area (Å²) in [7, 11) is 0. The molecule has 9 heteroatoms. The molecule has 0 unspecified atom stereocenters. The second kappa shape index (κ2) is 9.88. The Kier molecular flexibility index (Phi) is 6.62. The van der Waals surface area contributed by atoms with Crippen molar-refractivity contribution in [2.24, 2.45) is 11.8 Å². The average Bonchev–Trinajstić information content (AvgIpc) is 3.29. The molecule has 5 rings (SSSR count). The molecule has 0 aliphatic heterocycles. The lowest BCUT2D eigenvalue weighted by Crippen LogP contribution is -2.32. The molecule has 2 N–H and O–H groups in total. The predicted molar refractivity (Wildman–Crippen MR) is 133 cm³/mol. The number of amides is 1. The van der Waals surface area contributed by atoms with Crippen LogP contribution in [0.15, 0.2) is 60.9 Å². The number of fused-ring (bicyclic) bond motifs is 2. The van der Waals surface area contributed by atoms with Crippen LogP contribution in [0, 0.1) is 11.8 Å². The van der Waals surface area contributed by atoms with Crippen LogP contribution < -0.4 is 5.32 Å². The number of rotatable bonds is 6. The van der Waals surface area contributed by atoms with Crippen LogP contribution in [0.25, 0.3) is 21.8 Å². The lowest BCUT2D eigenvalue weighted by molar-refractivity contribution is -0.143. The van der Waals surface area contributed by atoms with Gasteiger partial charge in [-0.25, -0.2) is 0 Å². The summed E-state index contributed by atoms with van der Waals surface area (Å²) in [6.07, 6.45) is 1.18. The van der Waals surface area contributed by atoms with Crippen molar-refractivity contribution < 1.29 is 27.9 Å². The first-order chi connectivity index (χ1) is 17.7. The SMILES string of the molecule is O=C(NC[C@H]1CC[C@H](C(=O)O)CC1)c1cc(C(F)(F)F)cc2ccn(Cc3cccc4ncccc34)c12. The van der Waals surface area contributed by atoms with Gasteiger partial charge in [0, 0.05) is 36.3 Å². The number of carboxylic acid groups (broad SMARTS) is 1. The number of benzene rings is 2. The Labute approximate surface area is 211 Å². The number of pyridine rings is 1. The molecule has 1 aliphatic rings. The van der Waals surface area contributed by atoms with Gasteiger partial charge in [0.2, 0.25) is 0 Å². The van der Waals surface area contributed by atoms with Crippen molar-refractivity contribution in [3.05, 3.63) is 77.6 Å². The zero-order chi connectivity index (χ0) is 26.2. The number of nitrogens with one attached hydrogen (secondary N) is 1. The minimum absolute atomic E-state index is 0.0348. The molecule has 2 aromatic carbocycles. The normalized spacial score (nSPS) is 18.2. The summed E-state index contributed by atoms with van der Waals surface area (Å²) >= 11 is 0. The number of carboxylic acids is 1. The van der Waals surface area contributed by atoms with E-state index in [4.69, 9.17) is 0 Å². The molecule has 1 fully saturated rings. The molecule has 1 aliphatic carbocycles. The Morgan fingerprint density at radius 1 is 1.05 bits per heavy atom. The van der Waals surface area contributed by atoms with Crippen LogP contribution in [0.4, 0.5) is 13.2 Å². The first kappa shape index (κ1) is 24.8. The van der Waals surface area contributed by atoms with Crippen molar-refractivity contribution in [1.82, 2.24) is 14.9 Å². The van der Waals surface area contributed by atoms with E-state index in [-0.39, 0.29) is 17.4 Å². The van der Waals surface area contributed by atoms with Crippen LogP contribution in [0.1, 0.15) is 47.2 Å². The summed E-state index contributed by atoms with van der Waals surface area (Å²) in [6, 6.07) is 13.1. The van der Waals surface area contributed by atoms with Gasteiger partial charge in [-0.15, -0.1) is 0 Å². The average molecular weight is 510 g/mol. The summed E-state index contributed by atoms with van der Waals surface area (Å²) in [5.41, 5.74) is 1.27. The van der Waals surface area contributed by atoms with E-state index in [9.17, 15) is 27.9 Å². The van der Waals surface area contributed by atoms with Gasteiger partial charge >= 0.3 is 12.1 Å². The maximum Gasteiger partial charge on any atom is 0.416 e. The first-order valence-corrected chi connectivity index (χ1v) is 12.2. The van der Waals surface area contributed by atoms with Crippen molar-refractivity contribution in [2.45, 2.75) is 38.4 Å². The van der Waals surface area contributed by atoms with E-state index in [1.807, 2.05) is 30.3 Å². The zero-order valence-corrected chi connectivity index (χ0v) is 20.0. The van der Waals surface area contributed by atoms with Gasteiger partial charge in [-0.05, 0) is 67.5 Å². The van der Waals surface area contributed by atoms with E-state index < -0.39 is 23.6 Å². The van der Waals surface area contributed by atoms with Crippen LogP contribution >= 0.6 is 0 Å².